The Hall–Kier alpha value is -1.48. The molecular weight excluding hydrogens is 210 g/mol. The van der Waals surface area contributed by atoms with Crippen LogP contribution in [0.5, 0.6) is 0 Å². The summed E-state index contributed by atoms with van der Waals surface area (Å²) in [6.45, 7) is 6.68. The molecule has 1 N–H and O–H groups in total. The second kappa shape index (κ2) is 4.08. The lowest BCUT2D eigenvalue weighted by molar-refractivity contribution is 0.313. The molecule has 3 rings (SSSR count). The van der Waals surface area contributed by atoms with E-state index in [0.717, 1.165) is 26.2 Å². The number of aryl methyl sites for hydroxylation is 1. The molecule has 0 saturated carbocycles. The van der Waals surface area contributed by atoms with E-state index in [1.165, 1.54) is 22.2 Å². The zero-order valence-electron chi connectivity index (χ0n) is 10.5. The highest BCUT2D eigenvalue weighted by Gasteiger charge is 2.16. The third-order valence-electron chi connectivity index (χ3n) is 3.66. The van der Waals surface area contributed by atoms with Gasteiger partial charge in [-0.25, -0.2) is 0 Å². The Morgan fingerprint density at radius 2 is 1.88 bits per heavy atom. The van der Waals surface area contributed by atoms with Gasteiger partial charge >= 0.3 is 0 Å². The molecule has 3 heteroatoms. The maximum absolute atomic E-state index is 3.38. The van der Waals surface area contributed by atoms with Crippen LogP contribution in [0.15, 0.2) is 24.4 Å². The summed E-state index contributed by atoms with van der Waals surface area (Å²) in [7, 11) is 2.19. The van der Waals surface area contributed by atoms with Crippen LogP contribution in [-0.4, -0.2) is 43.1 Å². The van der Waals surface area contributed by atoms with Crippen LogP contribution in [0.4, 0.5) is 5.69 Å². The minimum absolute atomic E-state index is 1.12. The number of piperazine rings is 1. The number of hydrogen-bond donors (Lipinski definition) is 1. The van der Waals surface area contributed by atoms with E-state index < -0.39 is 0 Å². The molecule has 0 unspecified atom stereocenters. The van der Waals surface area contributed by atoms with Gasteiger partial charge in [0.25, 0.3) is 0 Å². The van der Waals surface area contributed by atoms with Crippen LogP contribution in [0.2, 0.25) is 0 Å². The van der Waals surface area contributed by atoms with Crippen molar-refractivity contribution in [2.24, 2.45) is 0 Å². The second-order valence-electron chi connectivity index (χ2n) is 5.01. The first-order valence-electron chi connectivity index (χ1n) is 6.25. The highest BCUT2D eigenvalue weighted by Crippen LogP contribution is 2.27. The van der Waals surface area contributed by atoms with Gasteiger partial charge in [-0.3, -0.25) is 0 Å². The van der Waals surface area contributed by atoms with Crippen LogP contribution in [0.25, 0.3) is 10.9 Å². The molecule has 1 aliphatic rings. The zero-order valence-corrected chi connectivity index (χ0v) is 10.5. The van der Waals surface area contributed by atoms with Crippen molar-refractivity contribution in [2.75, 3.05) is 38.1 Å². The van der Waals surface area contributed by atoms with Crippen LogP contribution >= 0.6 is 0 Å². The predicted molar refractivity (Wildman–Crippen MR) is 72.7 cm³/mol. The van der Waals surface area contributed by atoms with Crippen molar-refractivity contribution in [2.45, 2.75) is 6.92 Å². The summed E-state index contributed by atoms with van der Waals surface area (Å²) in [5, 5.41) is 1.35. The van der Waals surface area contributed by atoms with Gasteiger partial charge in [0.15, 0.2) is 0 Å². The zero-order chi connectivity index (χ0) is 11.8. The quantitative estimate of drug-likeness (QED) is 0.810. The minimum atomic E-state index is 1.12. The number of hydrogen-bond acceptors (Lipinski definition) is 2. The lowest BCUT2D eigenvalue weighted by Crippen LogP contribution is -2.44. The minimum Gasteiger partial charge on any atom is -0.367 e. The molecule has 0 spiro atoms. The van der Waals surface area contributed by atoms with Crippen molar-refractivity contribution < 1.29 is 0 Å². The van der Waals surface area contributed by atoms with Gasteiger partial charge in [-0.05, 0) is 25.6 Å². The SMILES string of the molecule is Cc1ccc2c(N3CCN(C)CC3)c[nH]c2c1. The van der Waals surface area contributed by atoms with E-state index in [1.807, 2.05) is 0 Å². The summed E-state index contributed by atoms with van der Waals surface area (Å²) >= 11 is 0. The maximum atomic E-state index is 3.38. The van der Waals surface area contributed by atoms with E-state index in [2.05, 4.69) is 53.2 Å². The van der Waals surface area contributed by atoms with Crippen molar-refractivity contribution in [3.05, 3.63) is 30.0 Å². The highest BCUT2D eigenvalue weighted by molar-refractivity contribution is 5.93. The van der Waals surface area contributed by atoms with Crippen molar-refractivity contribution >= 4 is 16.6 Å². The number of nitrogens with zero attached hydrogens (tertiary/aromatic N) is 2. The fraction of sp³-hybridized carbons (Fsp3) is 0.429. The lowest BCUT2D eigenvalue weighted by atomic mass is 10.1. The third kappa shape index (κ3) is 1.91. The number of benzene rings is 1. The number of H-pyrrole nitrogens is 1. The maximum Gasteiger partial charge on any atom is 0.0624 e. The molecule has 0 bridgehead atoms. The van der Waals surface area contributed by atoms with Crippen LogP contribution in [0, 0.1) is 6.92 Å². The molecule has 1 aromatic heterocycles. The monoisotopic (exact) mass is 229 g/mol. The van der Waals surface area contributed by atoms with Crippen molar-refractivity contribution in [3.8, 4) is 0 Å². The standard InChI is InChI=1S/C14H19N3/c1-11-3-4-12-13(9-11)15-10-14(12)17-7-5-16(2)6-8-17/h3-4,9-10,15H,5-8H2,1-2H3. The average molecular weight is 229 g/mol. The molecule has 1 fully saturated rings. The van der Waals surface area contributed by atoms with E-state index in [9.17, 15) is 0 Å². The van der Waals surface area contributed by atoms with E-state index in [1.54, 1.807) is 0 Å². The smallest absolute Gasteiger partial charge is 0.0624 e. The Bertz CT molecular complexity index is 521. The number of aromatic amines is 1. The number of nitrogens with one attached hydrogen (secondary N) is 1. The Labute approximate surface area is 102 Å². The molecule has 90 valence electrons. The summed E-state index contributed by atoms with van der Waals surface area (Å²) in [5.41, 5.74) is 3.91. The Balaban J connectivity index is 1.95. The fourth-order valence-electron chi connectivity index (χ4n) is 2.53. The van der Waals surface area contributed by atoms with Crippen molar-refractivity contribution in [3.63, 3.8) is 0 Å². The van der Waals surface area contributed by atoms with E-state index in [-0.39, 0.29) is 0 Å². The predicted octanol–water partition coefficient (Wildman–Crippen LogP) is 2.23. The van der Waals surface area contributed by atoms with Gasteiger partial charge in [-0.1, -0.05) is 12.1 Å². The molecule has 0 amide bonds. The first-order chi connectivity index (χ1) is 8.24. The Morgan fingerprint density at radius 1 is 1.12 bits per heavy atom. The average Bonchev–Trinajstić information content (AvgIpc) is 2.73. The number of likely N-dealkylation sites (N-methyl/N-ethyl adjacent to an activating group) is 1. The van der Waals surface area contributed by atoms with Crippen molar-refractivity contribution in [1.82, 2.24) is 9.88 Å². The molecule has 2 aromatic rings. The number of fused-ring (bicyclic) bond motifs is 1. The summed E-state index contributed by atoms with van der Waals surface area (Å²) in [6, 6.07) is 6.64. The molecule has 1 saturated heterocycles. The van der Waals surface area contributed by atoms with Crippen molar-refractivity contribution in [1.29, 1.82) is 0 Å². The molecule has 0 aliphatic carbocycles. The summed E-state index contributed by atoms with van der Waals surface area (Å²) in [4.78, 5) is 8.25. The molecule has 17 heavy (non-hydrogen) atoms. The van der Waals surface area contributed by atoms with Gasteiger partial charge in [0.1, 0.15) is 0 Å². The topological polar surface area (TPSA) is 22.3 Å². The van der Waals surface area contributed by atoms with E-state index in [0.29, 0.717) is 0 Å². The highest BCUT2D eigenvalue weighted by atomic mass is 15.2. The molecule has 3 nitrogen and oxygen atoms in total. The number of aromatic nitrogens is 1. The Kier molecular flexibility index (Phi) is 2.56. The molecular formula is C14H19N3. The van der Waals surface area contributed by atoms with E-state index >= 15 is 0 Å². The third-order valence-corrected chi connectivity index (χ3v) is 3.66. The number of anilines is 1. The van der Waals surface area contributed by atoms with E-state index in [4.69, 9.17) is 0 Å². The van der Waals surface area contributed by atoms with Crippen LogP contribution in [0.1, 0.15) is 5.56 Å². The van der Waals surface area contributed by atoms with Gasteiger partial charge in [0, 0.05) is 43.3 Å². The molecule has 1 aromatic carbocycles. The summed E-state index contributed by atoms with van der Waals surface area (Å²) < 4.78 is 0. The van der Waals surface area contributed by atoms with Gasteiger partial charge < -0.3 is 14.8 Å². The van der Waals surface area contributed by atoms with Crippen LogP contribution < -0.4 is 4.90 Å². The normalized spacial score (nSPS) is 17.9. The van der Waals surface area contributed by atoms with Gasteiger partial charge in [0.05, 0.1) is 5.69 Å². The Morgan fingerprint density at radius 3 is 2.65 bits per heavy atom. The first kappa shape index (κ1) is 10.7. The first-order valence-corrected chi connectivity index (χ1v) is 6.25. The second-order valence-corrected chi connectivity index (χ2v) is 5.01. The van der Waals surface area contributed by atoms with Gasteiger partial charge in [-0.15, -0.1) is 0 Å². The summed E-state index contributed by atoms with van der Waals surface area (Å²) in [6.07, 6.45) is 2.15. The van der Waals surface area contributed by atoms with Crippen LogP contribution in [-0.2, 0) is 0 Å². The largest absolute Gasteiger partial charge is 0.367 e. The fourth-order valence-corrected chi connectivity index (χ4v) is 2.53. The lowest BCUT2D eigenvalue weighted by Gasteiger charge is -2.33. The molecule has 1 aliphatic heterocycles. The van der Waals surface area contributed by atoms with Gasteiger partial charge in [-0.2, -0.15) is 0 Å². The molecule has 0 atom stereocenters. The molecule has 0 radical (unpaired) electrons. The molecule has 2 heterocycles. The number of rotatable bonds is 1. The van der Waals surface area contributed by atoms with Gasteiger partial charge in [0.2, 0.25) is 0 Å². The van der Waals surface area contributed by atoms with Crippen LogP contribution in [0.3, 0.4) is 0 Å². The summed E-state index contributed by atoms with van der Waals surface area (Å²) in [5.74, 6) is 0.